The fourth-order valence-electron chi connectivity index (χ4n) is 2.41. The molecule has 1 atom stereocenters. The van der Waals surface area contributed by atoms with Gasteiger partial charge in [-0.25, -0.2) is 14.3 Å². The number of hydrogen-bond acceptors (Lipinski definition) is 4. The molecule has 0 aromatic carbocycles. The van der Waals surface area contributed by atoms with E-state index in [-0.39, 0.29) is 5.56 Å². The number of pyridine rings is 1. The highest BCUT2D eigenvalue weighted by Crippen LogP contribution is 2.24. The Morgan fingerprint density at radius 3 is 3.06 bits per heavy atom. The van der Waals surface area contributed by atoms with E-state index >= 15 is 0 Å². The number of carboxylic acids is 1. The lowest BCUT2D eigenvalue weighted by Crippen LogP contribution is -2.13. The SMILES string of the molecule is CN1CCC(c2nc3c(C(=O)O)cccn3n2)C1. The van der Waals surface area contributed by atoms with E-state index in [2.05, 4.69) is 22.0 Å². The largest absolute Gasteiger partial charge is 0.478 e. The molecule has 18 heavy (non-hydrogen) atoms. The third kappa shape index (κ3) is 1.74. The first kappa shape index (κ1) is 11.2. The van der Waals surface area contributed by atoms with Gasteiger partial charge in [0.25, 0.3) is 0 Å². The summed E-state index contributed by atoms with van der Waals surface area (Å²) >= 11 is 0. The maximum absolute atomic E-state index is 11.1. The summed E-state index contributed by atoms with van der Waals surface area (Å²) in [4.78, 5) is 17.7. The van der Waals surface area contributed by atoms with Crippen molar-refractivity contribution in [3.8, 4) is 0 Å². The van der Waals surface area contributed by atoms with Crippen LogP contribution in [0.25, 0.3) is 5.65 Å². The highest BCUT2D eigenvalue weighted by Gasteiger charge is 2.25. The van der Waals surface area contributed by atoms with Gasteiger partial charge in [0.05, 0.1) is 0 Å². The van der Waals surface area contributed by atoms with Crippen LogP contribution in [0.5, 0.6) is 0 Å². The first-order chi connectivity index (χ1) is 8.65. The number of fused-ring (bicyclic) bond motifs is 1. The molecule has 0 bridgehead atoms. The Morgan fingerprint density at radius 1 is 1.56 bits per heavy atom. The third-order valence-corrected chi connectivity index (χ3v) is 3.37. The van der Waals surface area contributed by atoms with Gasteiger partial charge in [-0.2, -0.15) is 5.10 Å². The fourth-order valence-corrected chi connectivity index (χ4v) is 2.41. The van der Waals surface area contributed by atoms with Crippen molar-refractivity contribution in [1.29, 1.82) is 0 Å². The van der Waals surface area contributed by atoms with Crippen LogP contribution in [0.1, 0.15) is 28.5 Å². The zero-order chi connectivity index (χ0) is 12.7. The second-order valence-corrected chi connectivity index (χ2v) is 4.71. The lowest BCUT2D eigenvalue weighted by Gasteiger charge is -2.05. The second kappa shape index (κ2) is 4.06. The van der Waals surface area contributed by atoms with Crippen LogP contribution in [0.3, 0.4) is 0 Å². The molecule has 0 amide bonds. The summed E-state index contributed by atoms with van der Waals surface area (Å²) in [6.07, 6.45) is 2.76. The highest BCUT2D eigenvalue weighted by atomic mass is 16.4. The Balaban J connectivity index is 2.05. The predicted octanol–water partition coefficient (Wildman–Crippen LogP) is 0.847. The van der Waals surface area contributed by atoms with Gasteiger partial charge in [-0.05, 0) is 32.1 Å². The fraction of sp³-hybridized carbons (Fsp3) is 0.417. The van der Waals surface area contributed by atoms with Crippen LogP contribution in [0, 0.1) is 0 Å². The van der Waals surface area contributed by atoms with Gasteiger partial charge in [0.1, 0.15) is 5.56 Å². The lowest BCUT2D eigenvalue weighted by molar-refractivity contribution is 0.0698. The van der Waals surface area contributed by atoms with Crippen molar-refractivity contribution in [2.45, 2.75) is 12.3 Å². The van der Waals surface area contributed by atoms with Crippen LogP contribution in [-0.2, 0) is 0 Å². The standard InChI is InChI=1S/C12H14N4O2/c1-15-6-4-8(7-15)10-13-11-9(12(17)18)3-2-5-16(11)14-10/h2-3,5,8H,4,6-7H2,1H3,(H,17,18). The van der Waals surface area contributed by atoms with E-state index in [0.717, 1.165) is 25.3 Å². The predicted molar refractivity (Wildman–Crippen MR) is 64.8 cm³/mol. The molecule has 0 saturated carbocycles. The molecule has 1 N–H and O–H groups in total. The van der Waals surface area contributed by atoms with Crippen molar-refractivity contribution in [1.82, 2.24) is 19.5 Å². The van der Waals surface area contributed by atoms with Gasteiger partial charge < -0.3 is 10.0 Å². The van der Waals surface area contributed by atoms with Crippen molar-refractivity contribution < 1.29 is 9.90 Å². The van der Waals surface area contributed by atoms with Crippen molar-refractivity contribution >= 4 is 11.6 Å². The van der Waals surface area contributed by atoms with Crippen LogP contribution in [0.15, 0.2) is 18.3 Å². The molecule has 1 saturated heterocycles. The molecular weight excluding hydrogens is 232 g/mol. The van der Waals surface area contributed by atoms with Gasteiger partial charge in [0.15, 0.2) is 11.5 Å². The Labute approximate surface area is 104 Å². The number of carbonyl (C=O) groups is 1. The summed E-state index contributed by atoms with van der Waals surface area (Å²) in [6, 6.07) is 3.23. The van der Waals surface area contributed by atoms with Crippen molar-refractivity contribution in [2.75, 3.05) is 20.1 Å². The highest BCUT2D eigenvalue weighted by molar-refractivity contribution is 5.94. The van der Waals surface area contributed by atoms with E-state index < -0.39 is 5.97 Å². The number of likely N-dealkylation sites (tertiary alicyclic amines) is 1. The molecule has 3 rings (SSSR count). The zero-order valence-electron chi connectivity index (χ0n) is 10.1. The zero-order valence-corrected chi connectivity index (χ0v) is 10.1. The minimum Gasteiger partial charge on any atom is -0.478 e. The Hall–Kier alpha value is -1.95. The van der Waals surface area contributed by atoms with Crippen LogP contribution in [0.4, 0.5) is 0 Å². The van der Waals surface area contributed by atoms with E-state index in [1.807, 2.05) is 0 Å². The lowest BCUT2D eigenvalue weighted by atomic mass is 10.1. The summed E-state index contributed by atoms with van der Waals surface area (Å²) in [6.45, 7) is 1.96. The molecule has 6 nitrogen and oxygen atoms in total. The third-order valence-electron chi connectivity index (χ3n) is 3.37. The van der Waals surface area contributed by atoms with Gasteiger partial charge in [0.2, 0.25) is 0 Å². The topological polar surface area (TPSA) is 70.7 Å². The molecule has 1 aliphatic heterocycles. The molecule has 94 valence electrons. The van der Waals surface area contributed by atoms with E-state index in [0.29, 0.717) is 11.6 Å². The molecule has 0 spiro atoms. The van der Waals surface area contributed by atoms with Gasteiger partial charge >= 0.3 is 5.97 Å². The molecule has 3 heterocycles. The summed E-state index contributed by atoms with van der Waals surface area (Å²) in [7, 11) is 2.07. The number of aromatic carboxylic acids is 1. The average Bonchev–Trinajstić information content (AvgIpc) is 2.93. The number of hydrogen-bond donors (Lipinski definition) is 1. The number of likely N-dealkylation sites (N-methyl/N-ethyl adjacent to an activating group) is 1. The molecule has 1 unspecified atom stereocenters. The number of rotatable bonds is 2. The summed E-state index contributed by atoms with van der Waals surface area (Å²) in [5.74, 6) is 0.0766. The number of aromatic nitrogens is 3. The smallest absolute Gasteiger partial charge is 0.339 e. The van der Waals surface area contributed by atoms with Crippen molar-refractivity contribution in [3.05, 3.63) is 29.7 Å². The Kier molecular flexibility index (Phi) is 2.52. The van der Waals surface area contributed by atoms with Gasteiger partial charge in [-0.15, -0.1) is 0 Å². The van der Waals surface area contributed by atoms with E-state index in [1.54, 1.807) is 22.8 Å². The Morgan fingerprint density at radius 2 is 2.39 bits per heavy atom. The second-order valence-electron chi connectivity index (χ2n) is 4.71. The average molecular weight is 246 g/mol. The summed E-state index contributed by atoms with van der Waals surface area (Å²) < 4.78 is 1.55. The monoisotopic (exact) mass is 246 g/mol. The maximum atomic E-state index is 11.1. The molecule has 0 aliphatic carbocycles. The molecule has 2 aromatic heterocycles. The normalized spacial score (nSPS) is 20.6. The number of nitrogens with zero attached hydrogens (tertiary/aromatic N) is 4. The molecule has 1 aliphatic rings. The summed E-state index contributed by atoms with van der Waals surface area (Å²) in [5, 5.41) is 13.5. The molecule has 6 heteroatoms. The molecule has 2 aromatic rings. The first-order valence-electron chi connectivity index (χ1n) is 5.92. The minimum atomic E-state index is -0.969. The van der Waals surface area contributed by atoms with E-state index in [1.165, 1.54) is 0 Å². The molecule has 1 fully saturated rings. The number of carboxylic acid groups (broad SMARTS) is 1. The van der Waals surface area contributed by atoms with Gasteiger partial charge in [-0.1, -0.05) is 0 Å². The van der Waals surface area contributed by atoms with E-state index in [4.69, 9.17) is 5.11 Å². The first-order valence-corrected chi connectivity index (χ1v) is 5.92. The molecule has 0 radical (unpaired) electrons. The minimum absolute atomic E-state index is 0.197. The Bertz CT molecular complexity index is 607. The quantitative estimate of drug-likeness (QED) is 0.850. The van der Waals surface area contributed by atoms with Crippen LogP contribution in [0.2, 0.25) is 0 Å². The van der Waals surface area contributed by atoms with Gasteiger partial charge in [0, 0.05) is 18.7 Å². The van der Waals surface area contributed by atoms with Crippen LogP contribution >= 0.6 is 0 Å². The summed E-state index contributed by atoms with van der Waals surface area (Å²) in [5.41, 5.74) is 0.622. The van der Waals surface area contributed by atoms with Crippen LogP contribution in [-0.4, -0.2) is 50.7 Å². The molecular formula is C12H14N4O2. The van der Waals surface area contributed by atoms with Crippen molar-refractivity contribution in [3.63, 3.8) is 0 Å². The maximum Gasteiger partial charge on any atom is 0.339 e. The van der Waals surface area contributed by atoms with E-state index in [9.17, 15) is 4.79 Å². The van der Waals surface area contributed by atoms with Crippen molar-refractivity contribution in [2.24, 2.45) is 0 Å². The van der Waals surface area contributed by atoms with Gasteiger partial charge in [-0.3, -0.25) is 0 Å². The van der Waals surface area contributed by atoms with Crippen LogP contribution < -0.4 is 0 Å².